The minimum Gasteiger partial charge on any atom is -0.525 e. The number of nitrogens with zero attached hydrogens (tertiary/aromatic N) is 2. The fraction of sp³-hybridized carbons (Fsp3) is 0. The van der Waals surface area contributed by atoms with E-state index in [0.717, 1.165) is 22.5 Å². The van der Waals surface area contributed by atoms with Crippen molar-refractivity contribution < 1.29 is 9.31 Å². The van der Waals surface area contributed by atoms with Crippen molar-refractivity contribution in [3.8, 4) is 11.5 Å². The molecule has 4 aromatic heterocycles. The van der Waals surface area contributed by atoms with E-state index >= 15 is 0 Å². The fourth-order valence-electron chi connectivity index (χ4n) is 2.38. The van der Waals surface area contributed by atoms with Crippen LogP contribution in [0.4, 0.5) is 0 Å². The molecular weight excluding hydrogens is 263 g/mol. The zero-order valence-electron chi connectivity index (χ0n) is 11.2. The van der Waals surface area contributed by atoms with Crippen molar-refractivity contribution in [2.24, 2.45) is 0 Å². The van der Waals surface area contributed by atoms with E-state index in [4.69, 9.17) is 9.31 Å². The summed E-state index contributed by atoms with van der Waals surface area (Å²) in [5, 5.41) is 0. The van der Waals surface area contributed by atoms with E-state index in [9.17, 15) is 0 Å². The lowest BCUT2D eigenvalue weighted by Gasteiger charge is -2.05. The average molecular weight is 275 g/mol. The van der Waals surface area contributed by atoms with Gasteiger partial charge < -0.3 is 18.1 Å². The Balaban J connectivity index is 1.50. The highest BCUT2D eigenvalue weighted by Gasteiger charge is 2.08. The van der Waals surface area contributed by atoms with Gasteiger partial charge in [0, 0.05) is 24.8 Å². The molecule has 0 N–H and O–H groups in total. The van der Waals surface area contributed by atoms with Crippen LogP contribution in [0, 0.1) is 0 Å². The molecule has 4 aromatic rings. The summed E-state index contributed by atoms with van der Waals surface area (Å²) >= 11 is 0. The van der Waals surface area contributed by atoms with Gasteiger partial charge in [0.25, 0.3) is 0 Å². The van der Waals surface area contributed by atoms with Gasteiger partial charge in [0.15, 0.2) is 0 Å². The van der Waals surface area contributed by atoms with Crippen molar-refractivity contribution in [2.75, 3.05) is 0 Å². The Morgan fingerprint density at radius 1 is 0.619 bits per heavy atom. The SMILES string of the molecule is [B](Oc1ccn2ccccc12)Oc1ccn2ccccc12. The van der Waals surface area contributed by atoms with Gasteiger partial charge in [0.1, 0.15) is 11.5 Å². The van der Waals surface area contributed by atoms with Crippen LogP contribution in [0.15, 0.2) is 73.3 Å². The van der Waals surface area contributed by atoms with E-state index in [-0.39, 0.29) is 0 Å². The highest BCUT2D eigenvalue weighted by Crippen LogP contribution is 2.22. The molecule has 0 saturated heterocycles. The summed E-state index contributed by atoms with van der Waals surface area (Å²) in [6.07, 6.45) is 7.85. The predicted molar refractivity (Wildman–Crippen MR) is 81.8 cm³/mol. The quantitative estimate of drug-likeness (QED) is 0.535. The second-order valence-corrected chi connectivity index (χ2v) is 4.68. The molecule has 1 radical (unpaired) electrons. The van der Waals surface area contributed by atoms with Crippen molar-refractivity contribution in [1.82, 2.24) is 8.80 Å². The molecule has 0 atom stereocenters. The third kappa shape index (κ3) is 2.12. The molecule has 0 aliphatic rings. The first-order valence-electron chi connectivity index (χ1n) is 6.68. The van der Waals surface area contributed by atoms with E-state index in [2.05, 4.69) is 0 Å². The number of fused-ring (bicyclic) bond motifs is 2. The Hall–Kier alpha value is -2.82. The van der Waals surface area contributed by atoms with E-state index in [1.807, 2.05) is 82.1 Å². The molecule has 0 amide bonds. The number of hydrogen-bond donors (Lipinski definition) is 0. The monoisotopic (exact) mass is 275 g/mol. The van der Waals surface area contributed by atoms with Gasteiger partial charge in [0.2, 0.25) is 0 Å². The van der Waals surface area contributed by atoms with E-state index in [1.165, 1.54) is 7.69 Å². The van der Waals surface area contributed by atoms with Crippen LogP contribution in [-0.2, 0) is 0 Å². The van der Waals surface area contributed by atoms with Gasteiger partial charge in [-0.15, -0.1) is 0 Å². The Labute approximate surface area is 122 Å². The topological polar surface area (TPSA) is 27.3 Å². The van der Waals surface area contributed by atoms with Crippen LogP contribution in [0.1, 0.15) is 0 Å². The highest BCUT2D eigenvalue weighted by atomic mass is 16.6. The Bertz CT molecular complexity index is 823. The minimum absolute atomic E-state index is 0.763. The smallest absolute Gasteiger partial charge is 0.525 e. The van der Waals surface area contributed by atoms with Crippen LogP contribution in [0.3, 0.4) is 0 Å². The summed E-state index contributed by atoms with van der Waals surface area (Å²) < 4.78 is 15.2. The first kappa shape index (κ1) is 12.0. The summed E-state index contributed by atoms with van der Waals surface area (Å²) in [5.74, 6) is 1.53. The molecule has 101 valence electrons. The summed E-state index contributed by atoms with van der Waals surface area (Å²) in [4.78, 5) is 0. The fourth-order valence-corrected chi connectivity index (χ4v) is 2.38. The van der Waals surface area contributed by atoms with Gasteiger partial charge in [0.05, 0.1) is 11.0 Å². The van der Waals surface area contributed by atoms with Gasteiger partial charge in [-0.1, -0.05) is 12.1 Å². The molecule has 4 heterocycles. The first-order valence-corrected chi connectivity index (χ1v) is 6.68. The lowest BCUT2D eigenvalue weighted by atomic mass is 10.3. The molecule has 5 heteroatoms. The normalized spacial score (nSPS) is 10.9. The lowest BCUT2D eigenvalue weighted by molar-refractivity contribution is 0.465. The summed E-state index contributed by atoms with van der Waals surface area (Å²) in [7, 11) is 1.37. The molecule has 4 nitrogen and oxygen atoms in total. The molecule has 0 unspecified atom stereocenters. The average Bonchev–Trinajstić information content (AvgIpc) is 3.13. The van der Waals surface area contributed by atoms with Gasteiger partial charge in [-0.3, -0.25) is 0 Å². The predicted octanol–water partition coefficient (Wildman–Crippen LogP) is 3.18. The summed E-state index contributed by atoms with van der Waals surface area (Å²) in [5.41, 5.74) is 2.00. The van der Waals surface area contributed by atoms with E-state index < -0.39 is 0 Å². The van der Waals surface area contributed by atoms with Gasteiger partial charge in [-0.2, -0.15) is 0 Å². The minimum atomic E-state index is 0.763. The van der Waals surface area contributed by atoms with Crippen molar-refractivity contribution in [3.63, 3.8) is 0 Å². The zero-order valence-corrected chi connectivity index (χ0v) is 11.2. The first-order chi connectivity index (χ1) is 10.4. The van der Waals surface area contributed by atoms with Crippen molar-refractivity contribution >= 4 is 18.7 Å². The van der Waals surface area contributed by atoms with Crippen molar-refractivity contribution in [1.29, 1.82) is 0 Å². The Morgan fingerprint density at radius 3 is 1.67 bits per heavy atom. The maximum absolute atomic E-state index is 5.60. The van der Waals surface area contributed by atoms with Crippen LogP contribution in [-0.4, -0.2) is 16.5 Å². The van der Waals surface area contributed by atoms with Crippen LogP contribution in [0.5, 0.6) is 11.5 Å². The third-order valence-corrected chi connectivity index (χ3v) is 3.41. The summed E-state index contributed by atoms with van der Waals surface area (Å²) in [6, 6.07) is 15.7. The molecule has 0 spiro atoms. The van der Waals surface area contributed by atoms with Gasteiger partial charge in [-0.25, -0.2) is 0 Å². The molecule has 0 aliphatic carbocycles. The van der Waals surface area contributed by atoms with E-state index in [0.29, 0.717) is 0 Å². The van der Waals surface area contributed by atoms with Gasteiger partial charge >= 0.3 is 7.69 Å². The maximum Gasteiger partial charge on any atom is 0.658 e. The second-order valence-electron chi connectivity index (χ2n) is 4.68. The number of aromatic nitrogens is 2. The van der Waals surface area contributed by atoms with Crippen molar-refractivity contribution in [3.05, 3.63) is 73.3 Å². The lowest BCUT2D eigenvalue weighted by Crippen LogP contribution is -2.10. The second kappa shape index (κ2) is 4.94. The van der Waals surface area contributed by atoms with Crippen LogP contribution >= 0.6 is 0 Å². The molecule has 4 rings (SSSR count). The summed E-state index contributed by atoms with van der Waals surface area (Å²) in [6.45, 7) is 0. The van der Waals surface area contributed by atoms with Crippen LogP contribution in [0.25, 0.3) is 11.0 Å². The van der Waals surface area contributed by atoms with Crippen LogP contribution in [0.2, 0.25) is 0 Å². The standard InChI is InChI=1S/C16H12BN2O2/c1-3-9-18-11-7-15(13(18)5-1)20-17-21-16-8-12-19-10-4-2-6-14(16)19/h1-12H. The largest absolute Gasteiger partial charge is 0.658 e. The molecule has 0 fully saturated rings. The maximum atomic E-state index is 5.60. The third-order valence-electron chi connectivity index (χ3n) is 3.41. The Kier molecular flexibility index (Phi) is 2.82. The van der Waals surface area contributed by atoms with E-state index in [1.54, 1.807) is 0 Å². The number of hydrogen-bond acceptors (Lipinski definition) is 2. The molecular formula is C16H12BN2O2. The molecule has 0 saturated carbocycles. The Morgan fingerprint density at radius 2 is 1.14 bits per heavy atom. The zero-order chi connectivity index (χ0) is 14.1. The molecule has 0 aliphatic heterocycles. The van der Waals surface area contributed by atoms with Gasteiger partial charge in [-0.05, 0) is 36.4 Å². The van der Waals surface area contributed by atoms with Crippen LogP contribution < -0.4 is 9.31 Å². The molecule has 0 aromatic carbocycles. The highest BCUT2D eigenvalue weighted by molar-refractivity contribution is 6.21. The molecule has 21 heavy (non-hydrogen) atoms. The number of rotatable bonds is 4. The number of pyridine rings is 2. The van der Waals surface area contributed by atoms with Crippen molar-refractivity contribution in [2.45, 2.75) is 0 Å². The molecule has 0 bridgehead atoms.